The molecule has 0 aromatic carbocycles. The van der Waals surface area contributed by atoms with E-state index in [1.807, 2.05) is 0 Å². The topological polar surface area (TPSA) is 40.5 Å². The van der Waals surface area contributed by atoms with Crippen LogP contribution in [0.25, 0.3) is 0 Å². The molecule has 2 nitrogen and oxygen atoms in total. The minimum absolute atomic E-state index is 0.125. The third-order valence-corrected chi connectivity index (χ3v) is 0.1000. The van der Waals surface area contributed by atoms with Crippen molar-refractivity contribution in [1.29, 1.82) is 0 Å². The maximum absolute atomic E-state index is 7.62. The summed E-state index contributed by atoms with van der Waals surface area (Å²) >= 11 is 0. The van der Waals surface area contributed by atoms with Crippen molar-refractivity contribution in [2.75, 3.05) is 13.2 Å². The molecule has 0 aromatic heterocycles. The van der Waals surface area contributed by atoms with Gasteiger partial charge in [0.25, 0.3) is 0 Å². The van der Waals surface area contributed by atoms with Crippen LogP contribution in [0.1, 0.15) is 0 Å². The summed E-state index contributed by atoms with van der Waals surface area (Å²) in [5, 5.41) is 15.2. The summed E-state index contributed by atoms with van der Waals surface area (Å²) in [5.41, 5.74) is 0. The van der Waals surface area contributed by atoms with Crippen LogP contribution in [0.3, 0.4) is 0 Å². The first-order valence-corrected chi connectivity index (χ1v) is 7.13. The summed E-state index contributed by atoms with van der Waals surface area (Å²) < 4.78 is 0. The lowest BCUT2D eigenvalue weighted by Gasteiger charge is -1.70. The summed E-state index contributed by atoms with van der Waals surface area (Å²) in [7, 11) is 0. The lowest BCUT2D eigenvalue weighted by atomic mass is 10.8. The van der Waals surface area contributed by atoms with Crippen LogP contribution in [-0.2, 0) is 0 Å². The van der Waals surface area contributed by atoms with Gasteiger partial charge in [0, 0.05) is 0 Å². The Labute approximate surface area is 181 Å². The number of aliphatic hydroxyl groups excluding tert-OH is 2. The highest BCUT2D eigenvalue weighted by atomic mass is 16.3. The van der Waals surface area contributed by atoms with E-state index in [1.54, 1.807) is 0 Å². The zero-order chi connectivity index (χ0) is 27.4. The van der Waals surface area contributed by atoms with E-state index in [0.29, 0.717) is 0 Å². The molecule has 0 aromatic rings. The zero-order valence-corrected chi connectivity index (χ0v) is 19.3. The average molecular weight is 399 g/mol. The number of hydrogen-bond donors (Lipinski definition) is 2. The fourth-order valence-electron chi connectivity index (χ4n) is 0. The van der Waals surface area contributed by atoms with Crippen LogP contribution in [0.4, 0.5) is 0 Å². The lowest BCUT2D eigenvalue weighted by molar-refractivity contribution is 0.186. The van der Waals surface area contributed by atoms with Gasteiger partial charge in [-0.15, -0.1) is 158 Å². The Morgan fingerprint density at radius 2 is 0.250 bits per heavy atom. The third-order valence-electron chi connectivity index (χ3n) is 0.1000. The van der Waals surface area contributed by atoms with Gasteiger partial charge >= 0.3 is 0 Å². The van der Waals surface area contributed by atoms with Gasteiger partial charge in [-0.05, 0) is 0 Å². The fraction of sp³-hybridized carbons (Fsp3) is 0.0769. The molecule has 0 aliphatic heterocycles. The van der Waals surface area contributed by atoms with Crippen LogP contribution in [0.5, 0.6) is 0 Å². The maximum atomic E-state index is 7.62. The molecule has 0 fully saturated rings. The molecule has 0 unspecified atom stereocenters. The van der Waals surface area contributed by atoms with E-state index in [2.05, 4.69) is 158 Å². The molecular weight excluding hydrogens is 344 g/mol. The van der Waals surface area contributed by atoms with Gasteiger partial charge in [-0.1, -0.05) is 0 Å². The molecule has 0 radical (unpaired) electrons. The Morgan fingerprint density at radius 3 is 0.250 bits per heavy atom. The minimum atomic E-state index is -0.125. The van der Waals surface area contributed by atoms with Gasteiger partial charge in [-0.2, -0.15) is 0 Å². The monoisotopic (exact) mass is 398 g/mol. The first-order chi connectivity index (χ1) is 13.9. The molecule has 2 N–H and O–H groups in total. The standard InChI is InChI=1S/C2H6O2.12C2H4/c3-1-2-4;12*1-2/h3-4H,1-2H2;12*1-2H2. The highest BCUT2D eigenvalue weighted by Crippen LogP contribution is 1.39. The quantitative estimate of drug-likeness (QED) is 0.434. The van der Waals surface area contributed by atoms with Gasteiger partial charge in [-0.25, -0.2) is 0 Å². The Kier molecular flexibility index (Phi) is 31000. The first-order valence-electron chi connectivity index (χ1n) is 7.13. The summed E-state index contributed by atoms with van der Waals surface area (Å²) in [6.07, 6.45) is 0. The molecule has 0 heterocycles. The largest absolute Gasteiger partial charge is 0.394 e. The van der Waals surface area contributed by atoms with Gasteiger partial charge in [0.1, 0.15) is 0 Å². The smallest absolute Gasteiger partial charge is 0.0662 e. The van der Waals surface area contributed by atoms with Gasteiger partial charge < -0.3 is 10.2 Å². The van der Waals surface area contributed by atoms with Crippen LogP contribution < -0.4 is 0 Å². The molecule has 0 saturated carbocycles. The second-order valence-corrected chi connectivity index (χ2v) is 0.447. The summed E-state index contributed by atoms with van der Waals surface area (Å²) in [4.78, 5) is 0. The van der Waals surface area contributed by atoms with Crippen molar-refractivity contribution < 1.29 is 10.2 Å². The van der Waals surface area contributed by atoms with Crippen molar-refractivity contribution in [3.63, 3.8) is 0 Å². The van der Waals surface area contributed by atoms with Gasteiger partial charge in [0.2, 0.25) is 0 Å². The second-order valence-electron chi connectivity index (χ2n) is 0.447. The molecule has 0 atom stereocenters. The molecule has 170 valence electrons. The van der Waals surface area contributed by atoms with E-state index in [0.717, 1.165) is 0 Å². The highest BCUT2D eigenvalue weighted by molar-refractivity contribution is 4.24. The number of hydrogen-bond acceptors (Lipinski definition) is 2. The van der Waals surface area contributed by atoms with Crippen molar-refractivity contribution >= 4 is 0 Å². The molecule has 0 rings (SSSR count). The molecule has 0 aliphatic carbocycles. The molecular formula is C26H54O2. The van der Waals surface area contributed by atoms with Crippen LogP contribution >= 0.6 is 0 Å². The molecule has 0 amide bonds. The van der Waals surface area contributed by atoms with Crippen molar-refractivity contribution in [2.45, 2.75) is 0 Å². The number of aliphatic hydroxyl groups is 2. The minimum Gasteiger partial charge on any atom is -0.394 e. The van der Waals surface area contributed by atoms with Gasteiger partial charge in [-0.3, -0.25) is 0 Å². The van der Waals surface area contributed by atoms with Crippen LogP contribution in [0.2, 0.25) is 0 Å². The van der Waals surface area contributed by atoms with Crippen molar-refractivity contribution in [3.8, 4) is 0 Å². The van der Waals surface area contributed by atoms with Gasteiger partial charge in [0.05, 0.1) is 13.2 Å². The van der Waals surface area contributed by atoms with Gasteiger partial charge in [0.15, 0.2) is 0 Å². The Balaban J connectivity index is -0.00000000800. The Hall–Kier alpha value is -3.20. The highest BCUT2D eigenvalue weighted by Gasteiger charge is 1.58. The van der Waals surface area contributed by atoms with E-state index in [1.165, 1.54) is 0 Å². The molecule has 0 saturated heterocycles. The molecule has 0 bridgehead atoms. The van der Waals surface area contributed by atoms with Crippen LogP contribution in [0, 0.1) is 0 Å². The van der Waals surface area contributed by atoms with Crippen LogP contribution in [0.15, 0.2) is 158 Å². The normalized spacial score (nSPS) is 2.79. The number of rotatable bonds is 1. The third kappa shape index (κ3) is 2240. The first kappa shape index (κ1) is 101. The van der Waals surface area contributed by atoms with E-state index in [-0.39, 0.29) is 13.2 Å². The summed E-state index contributed by atoms with van der Waals surface area (Å²) in [6.45, 7) is 71.8. The van der Waals surface area contributed by atoms with Crippen LogP contribution in [-0.4, -0.2) is 23.4 Å². The van der Waals surface area contributed by atoms with Crippen molar-refractivity contribution in [3.05, 3.63) is 158 Å². The average Bonchev–Trinajstić information content (AvgIpc) is 2.93. The van der Waals surface area contributed by atoms with E-state index < -0.39 is 0 Å². The molecule has 2 heteroatoms. The predicted molar refractivity (Wildman–Crippen MR) is 149 cm³/mol. The molecule has 28 heavy (non-hydrogen) atoms. The van der Waals surface area contributed by atoms with E-state index >= 15 is 0 Å². The van der Waals surface area contributed by atoms with E-state index in [9.17, 15) is 0 Å². The molecule has 0 spiro atoms. The Bertz CT molecular complexity index is 72.0. The second kappa shape index (κ2) is 8590. The summed E-state index contributed by atoms with van der Waals surface area (Å²) in [5.74, 6) is 0. The summed E-state index contributed by atoms with van der Waals surface area (Å²) in [6, 6.07) is 0. The predicted octanol–water partition coefficient (Wildman–Crippen LogP) is 8.60. The molecule has 0 aliphatic rings. The van der Waals surface area contributed by atoms with Crippen molar-refractivity contribution in [2.24, 2.45) is 0 Å². The lowest BCUT2D eigenvalue weighted by Crippen LogP contribution is -1.85. The van der Waals surface area contributed by atoms with Crippen molar-refractivity contribution in [1.82, 2.24) is 0 Å². The zero-order valence-electron chi connectivity index (χ0n) is 19.3. The Morgan fingerprint density at radius 1 is 0.214 bits per heavy atom. The van der Waals surface area contributed by atoms with E-state index in [4.69, 9.17) is 10.2 Å². The SMILES string of the molecule is C=C.C=C.C=C.C=C.C=C.C=C.C=C.C=C.C=C.C=C.C=C.C=C.OCCO. The maximum Gasteiger partial charge on any atom is 0.0662 e. The fourth-order valence-corrected chi connectivity index (χ4v) is 0.